The number of carboxylic acid groups (broad SMARTS) is 3. The Bertz CT molecular complexity index is 2400. The monoisotopic (exact) mass is 1040 g/mol. The van der Waals surface area contributed by atoms with Crippen LogP contribution >= 0.6 is 11.8 Å². The number of primary amides is 1. The third-order valence-corrected chi connectivity index (χ3v) is 11.1. The highest BCUT2D eigenvalue weighted by Crippen LogP contribution is 2.41. The molecule has 26 heteroatoms. The van der Waals surface area contributed by atoms with Gasteiger partial charge in [-0.1, -0.05) is 51.1 Å². The second-order valence-electron chi connectivity index (χ2n) is 17.3. The minimum absolute atomic E-state index is 0.00282. The van der Waals surface area contributed by atoms with E-state index in [4.69, 9.17) is 26.5 Å². The molecule has 3 aromatic rings. The van der Waals surface area contributed by atoms with Crippen molar-refractivity contribution in [2.75, 3.05) is 24.6 Å². The molecule has 0 saturated carbocycles. The molecule has 0 aliphatic carbocycles. The van der Waals surface area contributed by atoms with Gasteiger partial charge in [-0.05, 0) is 55.5 Å². The Morgan fingerprint density at radius 1 is 0.819 bits per heavy atom. The molecular weight excluding hydrogens is 984 g/mol. The van der Waals surface area contributed by atoms with E-state index in [1.54, 1.807) is 17.2 Å². The topological polar surface area (TPSA) is 323 Å². The number of hydrogen-bond donors (Lipinski definition) is 9. The van der Waals surface area contributed by atoms with Crippen molar-refractivity contribution in [2.45, 2.75) is 103 Å². The molecule has 0 aliphatic heterocycles. The SMILES string of the molecule is C[C@H](N)C(=O)N[C@H](C)C(=O)N[C@@H](CC(N)=O)C(=O)NCCCN(C(=O)CSCCC(=O)N[C@H](CC(=O)O)C(=O)O)[C@@H](c1cc(-c2cc(F)ccc2F)cn1Cc1ccccc1)C(C)(C)C.O=C(O)C(F)(F)F. The number of carbonyl (C=O) groups excluding carboxylic acids is 6. The highest BCUT2D eigenvalue weighted by molar-refractivity contribution is 7.99. The van der Waals surface area contributed by atoms with E-state index in [0.29, 0.717) is 11.3 Å². The van der Waals surface area contributed by atoms with Gasteiger partial charge in [-0.25, -0.2) is 18.4 Å². The predicted octanol–water partition coefficient (Wildman–Crippen LogP) is 2.92. The summed E-state index contributed by atoms with van der Waals surface area (Å²) in [6.45, 7) is 8.68. The number of alkyl halides is 3. The van der Waals surface area contributed by atoms with Crippen LogP contribution in [0.5, 0.6) is 0 Å². The normalized spacial score (nSPS) is 13.4. The van der Waals surface area contributed by atoms with E-state index in [-0.39, 0.29) is 49.5 Å². The van der Waals surface area contributed by atoms with Gasteiger partial charge in [0.25, 0.3) is 0 Å². The van der Waals surface area contributed by atoms with Crippen molar-refractivity contribution >= 4 is 65.1 Å². The Labute approximate surface area is 414 Å². The van der Waals surface area contributed by atoms with Crippen molar-refractivity contribution in [1.29, 1.82) is 0 Å². The smallest absolute Gasteiger partial charge is 0.481 e. The Morgan fingerprint density at radius 3 is 1.99 bits per heavy atom. The van der Waals surface area contributed by atoms with Crippen LogP contribution in [-0.4, -0.2) is 133 Å². The second kappa shape index (κ2) is 28.1. The first kappa shape index (κ1) is 61.0. The standard InChI is InChI=1S/C44H58F2N8O10S.C2HF3O2/c1-25(47)40(60)50-26(2)41(61)52-32(20-35(48)55)42(62)49-15-9-16-54(37(57)24-65-17-14-36(56)51-33(43(63)64)21-38(58)59)39(44(3,4)5)34-18-28(30-19-29(45)12-13-31(30)46)23-53(34)22-27-10-7-6-8-11-27;3-2(4,5)1(6)7/h6-8,10-13,18-19,23,25-26,32-33,39H,9,14-17,20-22,24,47H2,1-5H3,(H2,48,55)(H,49,62)(H,50,60)(H,51,56)(H,52,61)(H,58,59)(H,63,64);(H,6,7)/t25-,26+,32-,33+,39-;/m0./s1. The van der Waals surface area contributed by atoms with Crippen LogP contribution in [0.4, 0.5) is 22.0 Å². The van der Waals surface area contributed by atoms with Crippen LogP contribution in [0.3, 0.4) is 0 Å². The van der Waals surface area contributed by atoms with Gasteiger partial charge >= 0.3 is 24.1 Å². The third kappa shape index (κ3) is 20.7. The lowest BCUT2D eigenvalue weighted by molar-refractivity contribution is -0.192. The zero-order chi connectivity index (χ0) is 54.7. The highest BCUT2D eigenvalue weighted by Gasteiger charge is 2.39. The lowest BCUT2D eigenvalue weighted by Crippen LogP contribution is -2.55. The minimum atomic E-state index is -5.08. The molecule has 1 aromatic heterocycles. The predicted molar refractivity (Wildman–Crippen MR) is 251 cm³/mol. The van der Waals surface area contributed by atoms with E-state index in [9.17, 15) is 61.0 Å². The second-order valence-corrected chi connectivity index (χ2v) is 18.4. The van der Waals surface area contributed by atoms with Crippen molar-refractivity contribution in [2.24, 2.45) is 16.9 Å². The molecule has 0 saturated heterocycles. The maximum Gasteiger partial charge on any atom is 0.490 e. The fraction of sp³-hybridized carbons (Fsp3) is 0.457. The number of nitrogens with zero attached hydrogens (tertiary/aromatic N) is 2. The van der Waals surface area contributed by atoms with Crippen molar-refractivity contribution in [3.63, 3.8) is 0 Å². The van der Waals surface area contributed by atoms with Crippen molar-refractivity contribution in [1.82, 2.24) is 30.7 Å². The van der Waals surface area contributed by atoms with Crippen LogP contribution in [0.1, 0.15) is 77.6 Å². The average Bonchev–Trinajstić information content (AvgIpc) is 3.67. The lowest BCUT2D eigenvalue weighted by Gasteiger charge is -2.41. The minimum Gasteiger partial charge on any atom is -0.481 e. The number of hydrogen-bond acceptors (Lipinski definition) is 11. The quantitative estimate of drug-likeness (QED) is 0.0436. The molecule has 1 heterocycles. The van der Waals surface area contributed by atoms with Crippen LogP contribution in [0, 0.1) is 17.0 Å². The van der Waals surface area contributed by atoms with Crippen molar-refractivity contribution < 1.29 is 80.4 Å². The van der Waals surface area contributed by atoms with Crippen LogP contribution in [0.2, 0.25) is 0 Å². The van der Waals surface area contributed by atoms with E-state index >= 15 is 4.39 Å². The first-order chi connectivity index (χ1) is 33.4. The molecule has 0 bridgehead atoms. The number of amides is 6. The number of aliphatic carboxylic acids is 3. The summed E-state index contributed by atoms with van der Waals surface area (Å²) in [5.41, 5.74) is 12.0. The molecule has 5 atom stereocenters. The lowest BCUT2D eigenvalue weighted by atomic mass is 9.83. The summed E-state index contributed by atoms with van der Waals surface area (Å²) in [6, 6.07) is 8.29. The molecule has 0 aliphatic rings. The van der Waals surface area contributed by atoms with Gasteiger partial charge in [0, 0.05) is 54.8 Å². The van der Waals surface area contributed by atoms with Gasteiger partial charge in [-0.2, -0.15) is 24.9 Å². The molecular formula is C46H59F5N8O12S. The molecule has 396 valence electrons. The van der Waals surface area contributed by atoms with E-state index in [0.717, 1.165) is 35.5 Å². The summed E-state index contributed by atoms with van der Waals surface area (Å²) in [4.78, 5) is 110. The first-order valence-corrected chi connectivity index (χ1v) is 23.1. The van der Waals surface area contributed by atoms with Crippen molar-refractivity contribution in [3.8, 4) is 11.1 Å². The van der Waals surface area contributed by atoms with Crippen LogP contribution in [-0.2, 0) is 49.7 Å². The number of nitrogens with two attached hydrogens (primary N) is 2. The van der Waals surface area contributed by atoms with E-state index in [1.807, 2.05) is 55.7 Å². The molecule has 72 heavy (non-hydrogen) atoms. The Kier molecular flexibility index (Phi) is 23.8. The van der Waals surface area contributed by atoms with Gasteiger partial charge in [0.1, 0.15) is 29.8 Å². The summed E-state index contributed by atoms with van der Waals surface area (Å²) in [6.07, 6.45) is -4.91. The highest BCUT2D eigenvalue weighted by atomic mass is 32.2. The van der Waals surface area contributed by atoms with Gasteiger partial charge in [0.05, 0.1) is 30.7 Å². The van der Waals surface area contributed by atoms with Gasteiger partial charge in [-0.15, -0.1) is 0 Å². The molecule has 2 aromatic carbocycles. The molecule has 0 radical (unpaired) electrons. The number of benzene rings is 2. The fourth-order valence-corrected chi connectivity index (χ4v) is 7.57. The maximum atomic E-state index is 15.3. The number of aromatic nitrogens is 1. The van der Waals surface area contributed by atoms with E-state index in [2.05, 4.69) is 21.3 Å². The summed E-state index contributed by atoms with van der Waals surface area (Å²) in [5.74, 6) is -11.4. The van der Waals surface area contributed by atoms with Gasteiger partial charge < -0.3 is 57.5 Å². The zero-order valence-corrected chi connectivity index (χ0v) is 40.7. The van der Waals surface area contributed by atoms with Crippen LogP contribution < -0.4 is 32.7 Å². The molecule has 0 fully saturated rings. The van der Waals surface area contributed by atoms with Crippen LogP contribution in [0.15, 0.2) is 60.8 Å². The van der Waals surface area contributed by atoms with E-state index < -0.39 is 120 Å². The van der Waals surface area contributed by atoms with Gasteiger partial charge in [0.15, 0.2) is 0 Å². The molecule has 3 rings (SSSR count). The summed E-state index contributed by atoms with van der Waals surface area (Å²) < 4.78 is 63.4. The number of carbonyl (C=O) groups is 9. The first-order valence-electron chi connectivity index (χ1n) is 22.0. The summed E-state index contributed by atoms with van der Waals surface area (Å²) in [7, 11) is 0. The summed E-state index contributed by atoms with van der Waals surface area (Å²) >= 11 is 1.07. The Morgan fingerprint density at radius 2 is 1.44 bits per heavy atom. The summed E-state index contributed by atoms with van der Waals surface area (Å²) in [5, 5.41) is 35.1. The number of halogens is 5. The average molecular weight is 1040 g/mol. The molecule has 0 unspecified atom stereocenters. The molecule has 11 N–H and O–H groups in total. The van der Waals surface area contributed by atoms with Crippen molar-refractivity contribution in [3.05, 3.63) is 83.7 Å². The molecule has 0 spiro atoms. The number of rotatable bonds is 25. The van der Waals surface area contributed by atoms with E-state index in [1.165, 1.54) is 13.8 Å². The third-order valence-electron chi connectivity index (χ3n) is 10.1. The number of nitrogens with one attached hydrogen (secondary N) is 4. The Hall–Kier alpha value is -7.09. The molecule has 6 amide bonds. The van der Waals surface area contributed by atoms with Gasteiger partial charge in [0.2, 0.25) is 35.4 Å². The maximum absolute atomic E-state index is 15.3. The zero-order valence-electron chi connectivity index (χ0n) is 39.9. The number of thioether (sulfide) groups is 1. The Balaban J connectivity index is 0.00000235. The molecule has 20 nitrogen and oxygen atoms in total. The van der Waals surface area contributed by atoms with Gasteiger partial charge in [-0.3, -0.25) is 33.6 Å². The largest absolute Gasteiger partial charge is 0.490 e. The fourth-order valence-electron chi connectivity index (χ4n) is 6.76. The number of carboxylic acids is 3. The van der Waals surface area contributed by atoms with Crippen LogP contribution in [0.25, 0.3) is 11.1 Å².